The van der Waals surface area contributed by atoms with Crippen LogP contribution in [0.3, 0.4) is 0 Å². The van der Waals surface area contributed by atoms with Gasteiger partial charge in [-0.3, -0.25) is 0 Å². The van der Waals surface area contributed by atoms with E-state index in [2.05, 4.69) is 48.9 Å². The number of hydrogen-bond acceptors (Lipinski definition) is 1. The van der Waals surface area contributed by atoms with Gasteiger partial charge in [0.25, 0.3) is 0 Å². The highest BCUT2D eigenvalue weighted by Crippen LogP contribution is 1.98. The maximum atomic E-state index is 9.46. The van der Waals surface area contributed by atoms with E-state index < -0.39 is 14.2 Å². The first-order valence-electron chi connectivity index (χ1n) is 5.58. The summed E-state index contributed by atoms with van der Waals surface area (Å²) in [4.78, 5) is 0. The topological polar surface area (TPSA) is 20.2 Å². The predicted molar refractivity (Wildman–Crippen MR) is 72.2 cm³/mol. The lowest BCUT2D eigenvalue weighted by Gasteiger charge is -2.03. The number of hydrogen-bond donors (Lipinski definition) is 1. The maximum absolute atomic E-state index is 9.46. The van der Waals surface area contributed by atoms with Gasteiger partial charge in [-0.15, -0.1) is 17.9 Å². The minimum Gasteiger partial charge on any atom is -0.369 e. The van der Waals surface area contributed by atoms with Crippen LogP contribution >= 0.6 is 0 Å². The molecule has 1 unspecified atom stereocenters. The summed E-state index contributed by atoms with van der Waals surface area (Å²) in [5.41, 5.74) is 3.09. The Hall–Kier alpha value is -1.14. The van der Waals surface area contributed by atoms with E-state index in [1.807, 2.05) is 0 Å². The third-order valence-corrected chi connectivity index (χ3v) is 2.59. The molecule has 2 heteroatoms. The van der Waals surface area contributed by atoms with E-state index >= 15 is 0 Å². The number of unbranched alkanes of at least 4 members (excludes halogenated alkanes) is 3. The van der Waals surface area contributed by atoms with Crippen molar-refractivity contribution >= 4 is 8.07 Å². The molecule has 86 valence electrons. The fraction of sp³-hybridized carbons (Fsp3) is 0.571. The van der Waals surface area contributed by atoms with Crippen molar-refractivity contribution in [1.29, 1.82) is 0 Å². The van der Waals surface area contributed by atoms with Crippen molar-refractivity contribution < 1.29 is 5.11 Å². The Balaban J connectivity index is 3.87. The van der Waals surface area contributed by atoms with Gasteiger partial charge in [-0.05, 0) is 12.8 Å². The first kappa shape index (κ1) is 14.9. The lowest BCUT2D eigenvalue weighted by atomic mass is 10.2. The summed E-state index contributed by atoms with van der Waals surface area (Å²) in [5.74, 6) is 11.0. The molecule has 0 fully saturated rings. The van der Waals surface area contributed by atoms with Gasteiger partial charge >= 0.3 is 0 Å². The molecule has 0 aromatic heterocycles. The molecule has 0 aliphatic rings. The standard InChI is InChI=1S/C14H20OSi/c1-5-6-7-8-9-10-11-14(15)12-13-16(2,3)4/h1,14-15H,6-9H2,2-4H3. The molecule has 0 saturated carbocycles. The highest BCUT2D eigenvalue weighted by molar-refractivity contribution is 6.83. The van der Waals surface area contributed by atoms with Crippen LogP contribution in [0.15, 0.2) is 0 Å². The van der Waals surface area contributed by atoms with E-state index in [9.17, 15) is 5.11 Å². The molecule has 0 aromatic carbocycles. The molecule has 0 amide bonds. The summed E-state index contributed by atoms with van der Waals surface area (Å²) in [6, 6.07) is 0. The van der Waals surface area contributed by atoms with Crippen LogP contribution in [0.25, 0.3) is 0 Å². The van der Waals surface area contributed by atoms with E-state index in [1.54, 1.807) is 0 Å². The fourth-order valence-electron chi connectivity index (χ4n) is 0.930. The van der Waals surface area contributed by atoms with Crippen molar-refractivity contribution in [3.8, 4) is 35.6 Å². The predicted octanol–water partition coefficient (Wildman–Crippen LogP) is 2.43. The number of rotatable bonds is 3. The summed E-state index contributed by atoms with van der Waals surface area (Å²) >= 11 is 0. The molecule has 0 aliphatic carbocycles. The second-order valence-electron chi connectivity index (χ2n) is 4.65. The Kier molecular flexibility index (Phi) is 7.48. The van der Waals surface area contributed by atoms with Crippen molar-refractivity contribution in [3.63, 3.8) is 0 Å². The average molecular weight is 232 g/mol. The van der Waals surface area contributed by atoms with E-state index in [-0.39, 0.29) is 0 Å². The lowest BCUT2D eigenvalue weighted by Crippen LogP contribution is -2.17. The summed E-state index contributed by atoms with van der Waals surface area (Å²) in [6.07, 6.45) is 7.92. The fourth-order valence-corrected chi connectivity index (χ4v) is 1.50. The Bertz CT molecular complexity index is 349. The number of aliphatic hydroxyl groups is 1. The minimum atomic E-state index is -1.40. The second kappa shape index (κ2) is 8.06. The Morgan fingerprint density at radius 3 is 2.31 bits per heavy atom. The first-order valence-corrected chi connectivity index (χ1v) is 9.08. The zero-order valence-electron chi connectivity index (χ0n) is 10.4. The minimum absolute atomic E-state index is 0.785. The molecule has 1 nitrogen and oxygen atoms in total. The average Bonchev–Trinajstić information content (AvgIpc) is 2.19. The van der Waals surface area contributed by atoms with Gasteiger partial charge in [0.15, 0.2) is 6.10 Å². The molecule has 1 N–H and O–H groups in total. The normalized spacial score (nSPS) is 11.4. The zero-order chi connectivity index (χ0) is 12.4. The van der Waals surface area contributed by atoms with Crippen molar-refractivity contribution in [2.24, 2.45) is 0 Å². The molecule has 0 heterocycles. The van der Waals surface area contributed by atoms with Crippen LogP contribution in [-0.2, 0) is 0 Å². The molecular weight excluding hydrogens is 212 g/mol. The third-order valence-electron chi connectivity index (χ3n) is 1.70. The maximum Gasteiger partial charge on any atom is 0.175 e. The van der Waals surface area contributed by atoms with Gasteiger partial charge in [0.2, 0.25) is 0 Å². The molecular formula is C14H20OSi. The molecule has 0 radical (unpaired) electrons. The van der Waals surface area contributed by atoms with Crippen molar-refractivity contribution in [1.82, 2.24) is 0 Å². The molecule has 0 bridgehead atoms. The van der Waals surface area contributed by atoms with Crippen LogP contribution < -0.4 is 0 Å². The van der Waals surface area contributed by atoms with Crippen LogP contribution in [0.5, 0.6) is 0 Å². The van der Waals surface area contributed by atoms with Crippen LogP contribution in [-0.4, -0.2) is 19.3 Å². The molecule has 0 saturated heterocycles. The Labute approximate surface area is 101 Å². The summed E-state index contributed by atoms with van der Waals surface area (Å²) in [6.45, 7) is 6.42. The monoisotopic (exact) mass is 232 g/mol. The number of terminal acetylenes is 1. The van der Waals surface area contributed by atoms with E-state index in [0.29, 0.717) is 0 Å². The lowest BCUT2D eigenvalue weighted by molar-refractivity contribution is 0.289. The Morgan fingerprint density at radius 1 is 1.12 bits per heavy atom. The van der Waals surface area contributed by atoms with Crippen LogP contribution in [0.1, 0.15) is 25.7 Å². The van der Waals surface area contributed by atoms with Gasteiger partial charge in [0, 0.05) is 12.8 Å². The molecule has 16 heavy (non-hydrogen) atoms. The molecule has 0 rings (SSSR count). The summed E-state index contributed by atoms with van der Waals surface area (Å²) < 4.78 is 0. The molecule has 0 spiro atoms. The second-order valence-corrected chi connectivity index (χ2v) is 9.40. The summed E-state index contributed by atoms with van der Waals surface area (Å²) in [5, 5.41) is 9.46. The smallest absolute Gasteiger partial charge is 0.175 e. The van der Waals surface area contributed by atoms with Gasteiger partial charge in [0.1, 0.15) is 8.07 Å². The van der Waals surface area contributed by atoms with Crippen molar-refractivity contribution in [3.05, 3.63) is 0 Å². The third kappa shape index (κ3) is 10.9. The van der Waals surface area contributed by atoms with Gasteiger partial charge in [-0.1, -0.05) is 37.4 Å². The summed E-state index contributed by atoms with van der Waals surface area (Å²) in [7, 11) is -1.40. The van der Waals surface area contributed by atoms with Crippen LogP contribution in [0.4, 0.5) is 0 Å². The molecule has 0 aromatic rings. The van der Waals surface area contributed by atoms with Crippen molar-refractivity contribution in [2.75, 3.05) is 0 Å². The highest BCUT2D eigenvalue weighted by Gasteiger charge is 2.07. The van der Waals surface area contributed by atoms with E-state index in [4.69, 9.17) is 6.42 Å². The zero-order valence-corrected chi connectivity index (χ0v) is 11.4. The molecule has 0 aliphatic heterocycles. The number of aliphatic hydroxyl groups excluding tert-OH is 1. The quantitative estimate of drug-likeness (QED) is 0.450. The van der Waals surface area contributed by atoms with Gasteiger partial charge < -0.3 is 5.11 Å². The van der Waals surface area contributed by atoms with E-state index in [1.165, 1.54) is 0 Å². The van der Waals surface area contributed by atoms with E-state index in [0.717, 1.165) is 25.7 Å². The molecule has 1 atom stereocenters. The SMILES string of the molecule is C#CCCCCC#CC(O)C#C[Si](C)(C)C. The van der Waals surface area contributed by atoms with Crippen LogP contribution in [0.2, 0.25) is 19.6 Å². The van der Waals surface area contributed by atoms with Gasteiger partial charge in [0.05, 0.1) is 0 Å². The Morgan fingerprint density at radius 2 is 1.75 bits per heavy atom. The van der Waals surface area contributed by atoms with Gasteiger partial charge in [-0.25, -0.2) is 0 Å². The van der Waals surface area contributed by atoms with Crippen molar-refractivity contribution in [2.45, 2.75) is 51.4 Å². The first-order chi connectivity index (χ1) is 7.45. The highest BCUT2D eigenvalue weighted by atomic mass is 28.3. The van der Waals surface area contributed by atoms with Gasteiger partial charge in [-0.2, -0.15) is 0 Å². The largest absolute Gasteiger partial charge is 0.369 e. The van der Waals surface area contributed by atoms with Crippen LogP contribution in [0, 0.1) is 35.6 Å².